The lowest BCUT2D eigenvalue weighted by molar-refractivity contribution is 0.249. The fraction of sp³-hybridized carbons (Fsp3) is 0.0833. The molecule has 0 saturated heterocycles. The minimum atomic E-state index is -3.91. The summed E-state index contributed by atoms with van der Waals surface area (Å²) in [6.45, 7) is 1.42. The van der Waals surface area contributed by atoms with E-state index in [-0.39, 0.29) is 10.6 Å². The van der Waals surface area contributed by atoms with Gasteiger partial charge in [0.05, 0.1) is 10.6 Å². The van der Waals surface area contributed by atoms with E-state index in [2.05, 4.69) is 5.10 Å². The van der Waals surface area contributed by atoms with Crippen LogP contribution in [-0.2, 0) is 9.84 Å². The minimum Gasteiger partial charge on any atom is -0.350 e. The number of rotatable bonds is 4. The van der Waals surface area contributed by atoms with E-state index in [0.29, 0.717) is 0 Å². The molecule has 3 N–H and O–H groups in total. The summed E-state index contributed by atoms with van der Waals surface area (Å²) in [7, 11) is -3.91. The number of carbonyl (C=O) groups is 1. The molecular formula is C12H12N4O3S. The lowest BCUT2D eigenvalue weighted by Gasteiger charge is -2.02. The Morgan fingerprint density at radius 1 is 1.40 bits per heavy atom. The summed E-state index contributed by atoms with van der Waals surface area (Å²) < 4.78 is 24.4. The van der Waals surface area contributed by atoms with Crippen molar-refractivity contribution in [1.29, 1.82) is 5.26 Å². The van der Waals surface area contributed by atoms with Gasteiger partial charge in [0.2, 0.25) is 9.84 Å². The molecule has 2 amide bonds. The predicted octanol–water partition coefficient (Wildman–Crippen LogP) is 0.912. The maximum absolute atomic E-state index is 12.2. The highest BCUT2D eigenvalue weighted by Gasteiger charge is 2.20. The summed E-state index contributed by atoms with van der Waals surface area (Å²) in [6, 6.07) is 8.26. The number of allylic oxidation sites excluding steroid dienone is 2. The third-order valence-corrected chi connectivity index (χ3v) is 3.82. The Hall–Kier alpha value is -2.66. The number of nitrogens with two attached hydrogens (primary N) is 1. The first-order valence-electron chi connectivity index (χ1n) is 5.39. The molecule has 1 aromatic rings. The molecule has 0 aliphatic heterocycles. The lowest BCUT2D eigenvalue weighted by Crippen LogP contribution is -2.25. The average Bonchev–Trinajstić information content (AvgIpc) is 2.43. The third kappa shape index (κ3) is 3.93. The van der Waals surface area contributed by atoms with Gasteiger partial charge in [-0.2, -0.15) is 10.4 Å². The first-order chi connectivity index (χ1) is 9.37. The van der Waals surface area contributed by atoms with E-state index in [1.807, 2.05) is 5.43 Å². The maximum Gasteiger partial charge on any atom is 0.332 e. The highest BCUT2D eigenvalue weighted by molar-refractivity contribution is 7.95. The van der Waals surface area contributed by atoms with Crippen molar-refractivity contribution in [2.45, 2.75) is 11.8 Å². The molecule has 0 atom stereocenters. The van der Waals surface area contributed by atoms with E-state index >= 15 is 0 Å². The molecule has 0 heterocycles. The molecule has 8 heteroatoms. The Balaban J connectivity index is 3.18. The molecule has 104 valence electrons. The van der Waals surface area contributed by atoms with Crippen LogP contribution in [0.1, 0.15) is 6.92 Å². The normalized spacial score (nSPS) is 12.6. The number of sulfone groups is 1. The number of hydrazone groups is 1. The topological polar surface area (TPSA) is 125 Å². The molecule has 0 radical (unpaired) electrons. The van der Waals surface area contributed by atoms with Gasteiger partial charge in [-0.25, -0.2) is 18.6 Å². The molecule has 20 heavy (non-hydrogen) atoms. The molecule has 0 aliphatic carbocycles. The highest BCUT2D eigenvalue weighted by Crippen LogP contribution is 2.18. The van der Waals surface area contributed by atoms with Gasteiger partial charge < -0.3 is 5.73 Å². The number of amides is 2. The molecule has 0 aliphatic rings. The third-order valence-electron chi connectivity index (χ3n) is 2.14. The second kappa shape index (κ2) is 6.49. The number of hydrogen-bond acceptors (Lipinski definition) is 5. The monoisotopic (exact) mass is 292 g/mol. The first-order valence-corrected chi connectivity index (χ1v) is 6.88. The predicted molar refractivity (Wildman–Crippen MR) is 73.2 cm³/mol. The Bertz CT molecular complexity index is 700. The van der Waals surface area contributed by atoms with Crippen LogP contribution >= 0.6 is 0 Å². The number of nitrogens with one attached hydrogen (secondary N) is 1. The number of hydrogen-bond donors (Lipinski definition) is 2. The van der Waals surface area contributed by atoms with Crippen molar-refractivity contribution in [2.75, 3.05) is 0 Å². The van der Waals surface area contributed by atoms with Crippen LogP contribution in [0.15, 0.2) is 51.3 Å². The van der Waals surface area contributed by atoms with Gasteiger partial charge >= 0.3 is 6.03 Å². The zero-order valence-corrected chi connectivity index (χ0v) is 11.4. The van der Waals surface area contributed by atoms with Crippen LogP contribution in [0.3, 0.4) is 0 Å². The summed E-state index contributed by atoms with van der Waals surface area (Å²) in [5.74, 6) is 0. The Morgan fingerprint density at radius 2 is 2.00 bits per heavy atom. The van der Waals surface area contributed by atoms with Crippen LogP contribution in [0, 0.1) is 11.3 Å². The SMILES string of the molecule is CC(/C=C(\C#N)S(=O)(=O)c1ccccc1)=N/NC(N)=O. The van der Waals surface area contributed by atoms with Gasteiger partial charge in [-0.1, -0.05) is 18.2 Å². The van der Waals surface area contributed by atoms with Gasteiger partial charge in [0, 0.05) is 0 Å². The molecule has 0 saturated carbocycles. The molecule has 0 aromatic heterocycles. The van der Waals surface area contributed by atoms with Crippen molar-refractivity contribution in [3.05, 3.63) is 41.3 Å². The Morgan fingerprint density at radius 3 is 2.50 bits per heavy atom. The van der Waals surface area contributed by atoms with Crippen molar-refractivity contribution < 1.29 is 13.2 Å². The van der Waals surface area contributed by atoms with E-state index in [0.717, 1.165) is 6.08 Å². The molecular weight excluding hydrogens is 280 g/mol. The van der Waals surface area contributed by atoms with Gasteiger partial charge in [0.25, 0.3) is 0 Å². The van der Waals surface area contributed by atoms with Gasteiger partial charge in [-0.05, 0) is 25.1 Å². The quantitative estimate of drug-likeness (QED) is 0.486. The van der Waals surface area contributed by atoms with Crippen molar-refractivity contribution in [3.63, 3.8) is 0 Å². The largest absolute Gasteiger partial charge is 0.350 e. The highest BCUT2D eigenvalue weighted by atomic mass is 32.2. The van der Waals surface area contributed by atoms with E-state index < -0.39 is 20.8 Å². The number of nitriles is 1. The smallest absolute Gasteiger partial charge is 0.332 e. The fourth-order valence-electron chi connectivity index (χ4n) is 1.26. The molecule has 7 nitrogen and oxygen atoms in total. The zero-order valence-electron chi connectivity index (χ0n) is 10.6. The first kappa shape index (κ1) is 15.4. The number of carbonyl (C=O) groups excluding carboxylic acids is 1. The van der Waals surface area contributed by atoms with Crippen LogP contribution in [0.2, 0.25) is 0 Å². The van der Waals surface area contributed by atoms with Crippen LogP contribution < -0.4 is 11.2 Å². The number of benzene rings is 1. The average molecular weight is 292 g/mol. The molecule has 0 fully saturated rings. The van der Waals surface area contributed by atoms with Gasteiger partial charge in [-0.3, -0.25) is 0 Å². The number of nitrogens with zero attached hydrogens (tertiary/aromatic N) is 2. The van der Waals surface area contributed by atoms with Gasteiger partial charge in [0.15, 0.2) is 4.91 Å². The van der Waals surface area contributed by atoms with Crippen LogP contribution in [-0.4, -0.2) is 20.2 Å². The van der Waals surface area contributed by atoms with E-state index in [4.69, 9.17) is 11.0 Å². The van der Waals surface area contributed by atoms with Crippen LogP contribution in [0.4, 0.5) is 4.79 Å². The lowest BCUT2D eigenvalue weighted by atomic mass is 10.4. The van der Waals surface area contributed by atoms with Crippen molar-refractivity contribution in [3.8, 4) is 6.07 Å². The summed E-state index contributed by atoms with van der Waals surface area (Å²) in [4.78, 5) is 10.0. The van der Waals surface area contributed by atoms with Gasteiger partial charge in [-0.15, -0.1) is 0 Å². The van der Waals surface area contributed by atoms with Crippen LogP contribution in [0.5, 0.6) is 0 Å². The van der Waals surface area contributed by atoms with Crippen LogP contribution in [0.25, 0.3) is 0 Å². The Kier molecular flexibility index (Phi) is 5.00. The molecule has 0 unspecified atom stereocenters. The Labute approximate surface area is 116 Å². The molecule has 1 rings (SSSR count). The molecule has 0 bridgehead atoms. The van der Waals surface area contributed by atoms with E-state index in [1.54, 1.807) is 24.3 Å². The second-order valence-corrected chi connectivity index (χ2v) is 5.58. The van der Waals surface area contributed by atoms with Crippen molar-refractivity contribution >= 4 is 21.6 Å². The maximum atomic E-state index is 12.2. The minimum absolute atomic E-state index is 0.00320. The van der Waals surface area contributed by atoms with E-state index in [9.17, 15) is 13.2 Å². The number of primary amides is 1. The van der Waals surface area contributed by atoms with Crippen molar-refractivity contribution in [1.82, 2.24) is 5.43 Å². The fourth-order valence-corrected chi connectivity index (χ4v) is 2.48. The molecule has 0 spiro atoms. The van der Waals surface area contributed by atoms with Gasteiger partial charge in [0.1, 0.15) is 6.07 Å². The zero-order chi connectivity index (χ0) is 15.2. The standard InChI is InChI=1S/C12H12N4O3S/c1-9(15-16-12(14)17)7-11(8-13)20(18,19)10-5-3-2-4-6-10/h2-7H,1H3,(H3,14,16,17)/b11-7+,15-9-. The summed E-state index contributed by atoms with van der Waals surface area (Å²) >= 11 is 0. The summed E-state index contributed by atoms with van der Waals surface area (Å²) in [5.41, 5.74) is 6.89. The van der Waals surface area contributed by atoms with Crippen molar-refractivity contribution in [2.24, 2.45) is 10.8 Å². The second-order valence-electron chi connectivity index (χ2n) is 3.67. The van der Waals surface area contributed by atoms with E-state index in [1.165, 1.54) is 19.1 Å². The summed E-state index contributed by atoms with van der Waals surface area (Å²) in [5, 5.41) is 12.5. The number of urea groups is 1. The summed E-state index contributed by atoms with van der Waals surface area (Å²) in [6.07, 6.45) is 1.05. The molecule has 1 aromatic carbocycles.